The van der Waals surface area contributed by atoms with E-state index in [9.17, 15) is 0 Å². The van der Waals surface area contributed by atoms with Crippen molar-refractivity contribution in [1.82, 2.24) is 15.0 Å². The maximum atomic E-state index is 4.49. The van der Waals surface area contributed by atoms with Gasteiger partial charge in [-0.3, -0.25) is 4.98 Å². The van der Waals surface area contributed by atoms with Crippen LogP contribution in [-0.2, 0) is 6.42 Å². The van der Waals surface area contributed by atoms with Gasteiger partial charge in [0.1, 0.15) is 17.5 Å². The zero-order valence-corrected chi connectivity index (χ0v) is 13.0. The second-order valence-corrected chi connectivity index (χ2v) is 5.06. The topological polar surface area (TPSA) is 62.7 Å². The van der Waals surface area contributed by atoms with Gasteiger partial charge >= 0.3 is 0 Å². The van der Waals surface area contributed by atoms with Gasteiger partial charge in [0.25, 0.3) is 0 Å². The highest BCUT2D eigenvalue weighted by Crippen LogP contribution is 2.19. The Hall–Kier alpha value is -2.17. The van der Waals surface area contributed by atoms with Gasteiger partial charge in [0.15, 0.2) is 0 Å². The SMILES string of the molecule is CCCNc1nc(C)nc(NCCc2cccnc2)c1C. The summed E-state index contributed by atoms with van der Waals surface area (Å²) in [6.45, 7) is 7.86. The standard InChI is InChI=1S/C16H23N5/c1-4-8-18-15-12(2)16(21-13(3)20-15)19-10-7-14-6-5-9-17-11-14/h5-6,9,11H,4,7-8,10H2,1-3H3,(H2,18,19,20,21). The lowest BCUT2D eigenvalue weighted by molar-refractivity contribution is 0.935. The number of pyridine rings is 1. The van der Waals surface area contributed by atoms with Gasteiger partial charge in [0, 0.05) is 31.0 Å². The molecule has 5 nitrogen and oxygen atoms in total. The molecule has 0 aliphatic rings. The molecular weight excluding hydrogens is 262 g/mol. The molecule has 0 aliphatic heterocycles. The Kier molecular flexibility index (Phi) is 5.49. The van der Waals surface area contributed by atoms with Crippen LogP contribution in [0.5, 0.6) is 0 Å². The fourth-order valence-electron chi connectivity index (χ4n) is 2.09. The Morgan fingerprint density at radius 1 is 1.05 bits per heavy atom. The number of nitrogens with one attached hydrogen (secondary N) is 2. The van der Waals surface area contributed by atoms with E-state index in [1.54, 1.807) is 6.20 Å². The highest BCUT2D eigenvalue weighted by atomic mass is 15.1. The minimum absolute atomic E-state index is 0.781. The van der Waals surface area contributed by atoms with E-state index in [2.05, 4.69) is 38.6 Å². The number of rotatable bonds is 7. The second-order valence-electron chi connectivity index (χ2n) is 5.06. The van der Waals surface area contributed by atoms with E-state index in [-0.39, 0.29) is 0 Å². The second kappa shape index (κ2) is 7.57. The summed E-state index contributed by atoms with van der Waals surface area (Å²) in [5, 5.41) is 6.75. The maximum Gasteiger partial charge on any atom is 0.134 e. The Bertz CT molecular complexity index is 568. The monoisotopic (exact) mass is 285 g/mol. The minimum Gasteiger partial charge on any atom is -0.370 e. The van der Waals surface area contributed by atoms with Crippen LogP contribution in [0.2, 0.25) is 0 Å². The quantitative estimate of drug-likeness (QED) is 0.819. The molecule has 112 valence electrons. The molecule has 0 saturated heterocycles. The van der Waals surface area contributed by atoms with Gasteiger partial charge in [-0.25, -0.2) is 9.97 Å². The maximum absolute atomic E-state index is 4.49. The summed E-state index contributed by atoms with van der Waals surface area (Å²) in [6, 6.07) is 4.04. The van der Waals surface area contributed by atoms with E-state index in [0.717, 1.165) is 49.0 Å². The zero-order valence-electron chi connectivity index (χ0n) is 13.0. The molecule has 2 N–H and O–H groups in total. The number of hydrogen-bond acceptors (Lipinski definition) is 5. The van der Waals surface area contributed by atoms with Crippen LogP contribution in [0.1, 0.15) is 30.3 Å². The van der Waals surface area contributed by atoms with Gasteiger partial charge in [0.05, 0.1) is 0 Å². The van der Waals surface area contributed by atoms with Crippen molar-refractivity contribution in [2.45, 2.75) is 33.6 Å². The Balaban J connectivity index is 2.00. The van der Waals surface area contributed by atoms with Crippen molar-refractivity contribution in [2.75, 3.05) is 23.7 Å². The first-order valence-corrected chi connectivity index (χ1v) is 7.42. The van der Waals surface area contributed by atoms with Crippen molar-refractivity contribution in [2.24, 2.45) is 0 Å². The summed E-state index contributed by atoms with van der Waals surface area (Å²) in [5.41, 5.74) is 2.29. The van der Waals surface area contributed by atoms with Crippen LogP contribution in [0.4, 0.5) is 11.6 Å². The van der Waals surface area contributed by atoms with Gasteiger partial charge in [-0.1, -0.05) is 13.0 Å². The van der Waals surface area contributed by atoms with Gasteiger partial charge in [-0.15, -0.1) is 0 Å². The first kappa shape index (κ1) is 15.2. The molecule has 2 rings (SSSR count). The molecule has 5 heteroatoms. The fourth-order valence-corrected chi connectivity index (χ4v) is 2.09. The van der Waals surface area contributed by atoms with Crippen LogP contribution in [0, 0.1) is 13.8 Å². The van der Waals surface area contributed by atoms with E-state index in [1.807, 2.05) is 26.1 Å². The largest absolute Gasteiger partial charge is 0.370 e. The van der Waals surface area contributed by atoms with Crippen LogP contribution in [0.25, 0.3) is 0 Å². The van der Waals surface area contributed by atoms with Crippen molar-refractivity contribution in [3.05, 3.63) is 41.5 Å². The van der Waals surface area contributed by atoms with E-state index in [1.165, 1.54) is 5.56 Å². The summed E-state index contributed by atoms with van der Waals surface area (Å²) < 4.78 is 0. The zero-order chi connectivity index (χ0) is 15.1. The Morgan fingerprint density at radius 2 is 1.76 bits per heavy atom. The van der Waals surface area contributed by atoms with Crippen LogP contribution >= 0.6 is 0 Å². The molecule has 0 aromatic carbocycles. The van der Waals surface area contributed by atoms with Gasteiger partial charge in [-0.2, -0.15) is 0 Å². The minimum atomic E-state index is 0.781. The summed E-state index contributed by atoms with van der Waals surface area (Å²) in [4.78, 5) is 13.1. The Morgan fingerprint density at radius 3 is 2.38 bits per heavy atom. The van der Waals surface area contributed by atoms with Crippen molar-refractivity contribution in [1.29, 1.82) is 0 Å². The third-order valence-corrected chi connectivity index (χ3v) is 3.23. The molecule has 0 fully saturated rings. The highest BCUT2D eigenvalue weighted by Gasteiger charge is 2.08. The highest BCUT2D eigenvalue weighted by molar-refractivity contribution is 5.57. The third kappa shape index (κ3) is 4.41. The first-order valence-electron chi connectivity index (χ1n) is 7.42. The molecule has 0 atom stereocenters. The summed E-state index contributed by atoms with van der Waals surface area (Å²) >= 11 is 0. The molecule has 2 aromatic rings. The number of aromatic nitrogens is 3. The van der Waals surface area contributed by atoms with Crippen molar-refractivity contribution >= 4 is 11.6 Å². The average Bonchev–Trinajstić information content (AvgIpc) is 2.50. The smallest absolute Gasteiger partial charge is 0.134 e. The van der Waals surface area contributed by atoms with Crippen LogP contribution in [0.3, 0.4) is 0 Å². The van der Waals surface area contributed by atoms with E-state index in [4.69, 9.17) is 0 Å². The van der Waals surface area contributed by atoms with Gasteiger partial charge in [0.2, 0.25) is 0 Å². The van der Waals surface area contributed by atoms with Crippen LogP contribution < -0.4 is 10.6 Å². The molecule has 0 unspecified atom stereocenters. The molecule has 2 heterocycles. The van der Waals surface area contributed by atoms with Crippen LogP contribution in [0.15, 0.2) is 24.5 Å². The summed E-state index contributed by atoms with van der Waals surface area (Å²) in [5.74, 6) is 2.61. The summed E-state index contributed by atoms with van der Waals surface area (Å²) in [6.07, 6.45) is 5.69. The number of aryl methyl sites for hydroxylation is 1. The molecule has 0 spiro atoms. The molecule has 0 amide bonds. The van der Waals surface area contributed by atoms with E-state index >= 15 is 0 Å². The van der Waals surface area contributed by atoms with Crippen molar-refractivity contribution in [3.63, 3.8) is 0 Å². The molecule has 0 bridgehead atoms. The number of hydrogen-bond donors (Lipinski definition) is 2. The molecule has 0 saturated carbocycles. The van der Waals surface area contributed by atoms with Gasteiger partial charge in [-0.05, 0) is 38.3 Å². The predicted octanol–water partition coefficient (Wildman–Crippen LogP) is 2.96. The number of nitrogens with zero attached hydrogens (tertiary/aromatic N) is 3. The van der Waals surface area contributed by atoms with E-state index < -0.39 is 0 Å². The fraction of sp³-hybridized carbons (Fsp3) is 0.438. The molecule has 21 heavy (non-hydrogen) atoms. The number of anilines is 2. The third-order valence-electron chi connectivity index (χ3n) is 3.23. The molecule has 0 radical (unpaired) electrons. The lowest BCUT2D eigenvalue weighted by Crippen LogP contribution is -2.12. The average molecular weight is 285 g/mol. The summed E-state index contributed by atoms with van der Waals surface area (Å²) in [7, 11) is 0. The lowest BCUT2D eigenvalue weighted by Gasteiger charge is -2.14. The normalized spacial score (nSPS) is 10.4. The molecular formula is C16H23N5. The predicted molar refractivity (Wildman–Crippen MR) is 86.7 cm³/mol. The van der Waals surface area contributed by atoms with Crippen molar-refractivity contribution in [3.8, 4) is 0 Å². The van der Waals surface area contributed by atoms with Crippen LogP contribution in [-0.4, -0.2) is 28.0 Å². The Labute approximate surface area is 126 Å². The van der Waals surface area contributed by atoms with Crippen molar-refractivity contribution < 1.29 is 0 Å². The van der Waals surface area contributed by atoms with Gasteiger partial charge < -0.3 is 10.6 Å². The first-order chi connectivity index (χ1) is 10.2. The molecule has 2 aromatic heterocycles. The lowest BCUT2D eigenvalue weighted by atomic mass is 10.2. The van der Waals surface area contributed by atoms with E-state index in [0.29, 0.717) is 0 Å². The molecule has 0 aliphatic carbocycles.